The summed E-state index contributed by atoms with van der Waals surface area (Å²) < 4.78 is 0. The zero-order chi connectivity index (χ0) is 15.0. The minimum absolute atomic E-state index is 0.339. The maximum atomic E-state index is 6.13. The first kappa shape index (κ1) is 13.9. The number of benzene rings is 1. The van der Waals surface area contributed by atoms with Gasteiger partial charge in [-0.05, 0) is 30.5 Å². The number of anilines is 2. The Morgan fingerprint density at radius 3 is 2.81 bits per heavy atom. The number of nitrogens with two attached hydrogens (primary N) is 1. The highest BCUT2D eigenvalue weighted by Gasteiger charge is 2.20. The second kappa shape index (κ2) is 5.35. The van der Waals surface area contributed by atoms with E-state index in [9.17, 15) is 0 Å². The van der Waals surface area contributed by atoms with Gasteiger partial charge >= 0.3 is 0 Å². The third-order valence-corrected chi connectivity index (χ3v) is 4.01. The second-order valence-corrected chi connectivity index (χ2v) is 6.04. The van der Waals surface area contributed by atoms with E-state index in [0.717, 1.165) is 42.5 Å². The summed E-state index contributed by atoms with van der Waals surface area (Å²) >= 11 is 0. The first-order valence-electron chi connectivity index (χ1n) is 7.51. The molecule has 0 atom stereocenters. The van der Waals surface area contributed by atoms with Gasteiger partial charge in [0.05, 0.1) is 0 Å². The van der Waals surface area contributed by atoms with Crippen LogP contribution in [0.4, 0.5) is 11.5 Å². The summed E-state index contributed by atoms with van der Waals surface area (Å²) in [6.45, 7) is 8.09. The van der Waals surface area contributed by atoms with Crippen LogP contribution in [0.1, 0.15) is 42.4 Å². The number of fused-ring (bicyclic) bond motifs is 1. The molecule has 0 saturated heterocycles. The van der Waals surface area contributed by atoms with Gasteiger partial charge in [0, 0.05) is 36.5 Å². The van der Waals surface area contributed by atoms with Crippen LogP contribution in [0, 0.1) is 6.92 Å². The van der Waals surface area contributed by atoms with Gasteiger partial charge in [0.15, 0.2) is 0 Å². The molecule has 1 aromatic carbocycles. The predicted octanol–water partition coefficient (Wildman–Crippen LogP) is 3.05. The fraction of sp³-hybridized carbons (Fsp3) is 0.412. The summed E-state index contributed by atoms with van der Waals surface area (Å²) in [4.78, 5) is 11.6. The predicted molar refractivity (Wildman–Crippen MR) is 86.5 cm³/mol. The number of hydrogen-bond donors (Lipinski definition) is 1. The Morgan fingerprint density at radius 2 is 2.05 bits per heavy atom. The number of aromatic nitrogens is 2. The Hall–Kier alpha value is -2.10. The zero-order valence-corrected chi connectivity index (χ0v) is 12.9. The molecule has 0 fully saturated rings. The van der Waals surface area contributed by atoms with Crippen LogP contribution in [-0.4, -0.2) is 16.5 Å². The molecule has 3 rings (SSSR count). The second-order valence-electron chi connectivity index (χ2n) is 6.04. The molecule has 0 bridgehead atoms. The van der Waals surface area contributed by atoms with Gasteiger partial charge in [-0.25, -0.2) is 9.97 Å². The maximum absolute atomic E-state index is 6.13. The van der Waals surface area contributed by atoms with Gasteiger partial charge in [0.1, 0.15) is 11.6 Å². The number of rotatable bonds is 2. The molecule has 4 heteroatoms. The maximum Gasteiger partial charge on any atom is 0.133 e. The van der Waals surface area contributed by atoms with Gasteiger partial charge < -0.3 is 10.6 Å². The van der Waals surface area contributed by atoms with Crippen molar-refractivity contribution >= 4 is 11.5 Å². The van der Waals surface area contributed by atoms with Crippen molar-refractivity contribution in [3.8, 4) is 0 Å². The van der Waals surface area contributed by atoms with E-state index >= 15 is 0 Å². The fourth-order valence-corrected chi connectivity index (χ4v) is 2.80. The van der Waals surface area contributed by atoms with Crippen molar-refractivity contribution in [2.45, 2.75) is 39.7 Å². The summed E-state index contributed by atoms with van der Waals surface area (Å²) in [6.07, 6.45) is 1.01. The highest BCUT2D eigenvalue weighted by Crippen LogP contribution is 2.27. The summed E-state index contributed by atoms with van der Waals surface area (Å²) in [5, 5.41) is 0. The molecule has 0 amide bonds. The molecule has 0 spiro atoms. The lowest BCUT2D eigenvalue weighted by molar-refractivity contribution is 0.701. The lowest BCUT2D eigenvalue weighted by atomic mass is 9.98. The van der Waals surface area contributed by atoms with E-state index in [0.29, 0.717) is 5.92 Å². The van der Waals surface area contributed by atoms with Gasteiger partial charge in [-0.3, -0.25) is 0 Å². The average molecular weight is 282 g/mol. The molecular formula is C17H22N4. The van der Waals surface area contributed by atoms with Crippen molar-refractivity contribution in [1.82, 2.24) is 9.97 Å². The van der Waals surface area contributed by atoms with Gasteiger partial charge in [0.25, 0.3) is 0 Å². The van der Waals surface area contributed by atoms with Crippen molar-refractivity contribution in [2.75, 3.05) is 17.2 Å². The smallest absolute Gasteiger partial charge is 0.133 e. The van der Waals surface area contributed by atoms with Crippen LogP contribution in [0.2, 0.25) is 0 Å². The molecule has 1 aliphatic rings. The Bertz CT molecular complexity index is 664. The Kier molecular flexibility index (Phi) is 3.53. The van der Waals surface area contributed by atoms with Crippen LogP contribution < -0.4 is 10.6 Å². The summed E-state index contributed by atoms with van der Waals surface area (Å²) in [5.41, 5.74) is 10.6. The van der Waals surface area contributed by atoms with Crippen LogP contribution in [0.3, 0.4) is 0 Å². The first-order valence-corrected chi connectivity index (χ1v) is 7.51. The van der Waals surface area contributed by atoms with E-state index in [4.69, 9.17) is 10.7 Å². The molecule has 0 radical (unpaired) electrons. The molecule has 0 saturated carbocycles. The molecule has 1 aliphatic heterocycles. The third kappa shape index (κ3) is 2.71. The molecule has 2 heterocycles. The number of hydrogen-bond acceptors (Lipinski definition) is 4. The quantitative estimate of drug-likeness (QED) is 0.860. The van der Waals surface area contributed by atoms with E-state index in [1.165, 1.54) is 11.1 Å². The summed E-state index contributed by atoms with van der Waals surface area (Å²) in [7, 11) is 0. The van der Waals surface area contributed by atoms with E-state index < -0.39 is 0 Å². The van der Waals surface area contributed by atoms with E-state index in [1.54, 1.807) is 0 Å². The number of aryl methyl sites for hydroxylation is 1. The lowest BCUT2D eigenvalue weighted by Gasteiger charge is -2.31. The summed E-state index contributed by atoms with van der Waals surface area (Å²) in [5.74, 6) is 2.27. The fourth-order valence-electron chi connectivity index (χ4n) is 2.80. The minimum atomic E-state index is 0.339. The van der Waals surface area contributed by atoms with Crippen molar-refractivity contribution in [1.29, 1.82) is 0 Å². The highest BCUT2D eigenvalue weighted by atomic mass is 15.2. The van der Waals surface area contributed by atoms with Crippen molar-refractivity contribution in [3.05, 3.63) is 46.9 Å². The SMILES string of the molecule is Cc1cc(N2CCc3cccc(N)c3C2)nc(C(C)C)n1. The molecule has 0 aliphatic carbocycles. The normalized spacial score (nSPS) is 14.4. The molecule has 110 valence electrons. The zero-order valence-electron chi connectivity index (χ0n) is 12.9. The molecule has 2 N–H and O–H groups in total. The van der Waals surface area contributed by atoms with Crippen molar-refractivity contribution in [3.63, 3.8) is 0 Å². The van der Waals surface area contributed by atoms with Gasteiger partial charge in [-0.2, -0.15) is 0 Å². The van der Waals surface area contributed by atoms with Crippen LogP contribution in [-0.2, 0) is 13.0 Å². The van der Waals surface area contributed by atoms with Crippen LogP contribution in [0.25, 0.3) is 0 Å². The largest absolute Gasteiger partial charge is 0.398 e. The molecule has 21 heavy (non-hydrogen) atoms. The lowest BCUT2D eigenvalue weighted by Crippen LogP contribution is -2.32. The molecule has 1 aromatic heterocycles. The standard InChI is InChI=1S/C17H22N4/c1-11(2)17-19-12(3)9-16(20-17)21-8-7-13-5-4-6-15(18)14(13)10-21/h4-6,9,11H,7-8,10,18H2,1-3H3. The van der Waals surface area contributed by atoms with Crippen molar-refractivity contribution < 1.29 is 0 Å². The number of nitrogens with zero attached hydrogens (tertiary/aromatic N) is 3. The monoisotopic (exact) mass is 282 g/mol. The van der Waals surface area contributed by atoms with E-state index in [-0.39, 0.29) is 0 Å². The first-order chi connectivity index (χ1) is 10.0. The van der Waals surface area contributed by atoms with Crippen molar-refractivity contribution in [2.24, 2.45) is 0 Å². The molecule has 4 nitrogen and oxygen atoms in total. The molecular weight excluding hydrogens is 260 g/mol. The van der Waals surface area contributed by atoms with Gasteiger partial charge in [-0.15, -0.1) is 0 Å². The Morgan fingerprint density at radius 1 is 1.24 bits per heavy atom. The minimum Gasteiger partial charge on any atom is -0.398 e. The van der Waals surface area contributed by atoms with Crippen LogP contribution in [0.15, 0.2) is 24.3 Å². The van der Waals surface area contributed by atoms with Gasteiger partial charge in [0.2, 0.25) is 0 Å². The molecule has 2 aromatic rings. The van der Waals surface area contributed by atoms with Gasteiger partial charge in [-0.1, -0.05) is 26.0 Å². The topological polar surface area (TPSA) is 55.0 Å². The van der Waals surface area contributed by atoms with Crippen LogP contribution in [0.5, 0.6) is 0 Å². The van der Waals surface area contributed by atoms with Crippen LogP contribution >= 0.6 is 0 Å². The highest BCUT2D eigenvalue weighted by molar-refractivity contribution is 5.55. The molecule has 0 unspecified atom stereocenters. The third-order valence-electron chi connectivity index (χ3n) is 4.01. The Labute approximate surface area is 126 Å². The number of nitrogen functional groups attached to an aromatic ring is 1. The Balaban J connectivity index is 1.94. The summed E-state index contributed by atoms with van der Waals surface area (Å²) in [6, 6.07) is 8.26. The average Bonchev–Trinajstić information content (AvgIpc) is 2.46. The van der Waals surface area contributed by atoms with E-state index in [2.05, 4.69) is 35.9 Å². The van der Waals surface area contributed by atoms with E-state index in [1.807, 2.05) is 19.1 Å².